The van der Waals surface area contributed by atoms with Crippen LogP contribution in [0, 0.1) is 6.92 Å². The monoisotopic (exact) mass is 267 g/mol. The molecule has 2 aromatic heterocycles. The first-order valence-electron chi connectivity index (χ1n) is 5.98. The molecule has 0 atom stereocenters. The molecule has 0 fully saturated rings. The third kappa shape index (κ3) is 2.61. The summed E-state index contributed by atoms with van der Waals surface area (Å²) in [5.41, 5.74) is 0.951. The van der Waals surface area contributed by atoms with E-state index in [-0.39, 0.29) is 6.03 Å². The van der Waals surface area contributed by atoms with Crippen molar-refractivity contribution in [3.63, 3.8) is 0 Å². The van der Waals surface area contributed by atoms with Gasteiger partial charge in [-0.3, -0.25) is 0 Å². The van der Waals surface area contributed by atoms with Crippen LogP contribution >= 0.6 is 11.3 Å². The highest BCUT2D eigenvalue weighted by atomic mass is 32.1. The van der Waals surface area contributed by atoms with Crippen molar-refractivity contribution in [2.24, 2.45) is 0 Å². The fourth-order valence-corrected chi connectivity index (χ4v) is 2.56. The molecular formula is C11H17N5OS. The van der Waals surface area contributed by atoms with Crippen LogP contribution in [0.15, 0.2) is 6.20 Å². The number of carbonyl (C=O) groups is 1. The van der Waals surface area contributed by atoms with Gasteiger partial charge in [-0.1, -0.05) is 11.3 Å². The van der Waals surface area contributed by atoms with Crippen LogP contribution in [0.4, 0.5) is 4.79 Å². The summed E-state index contributed by atoms with van der Waals surface area (Å²) in [7, 11) is 0. The standard InChI is InChI=1S/C11H17N5OS/c1-4-15(5-2)10(17)12-6-9-14-16-7-8(3)13-11(16)18-9/h7H,4-6H2,1-3H3,(H,12,17). The van der Waals surface area contributed by atoms with Crippen molar-refractivity contribution in [2.75, 3.05) is 13.1 Å². The smallest absolute Gasteiger partial charge is 0.317 e. The number of hydrogen-bond acceptors (Lipinski definition) is 4. The van der Waals surface area contributed by atoms with Crippen molar-refractivity contribution in [2.45, 2.75) is 27.3 Å². The Morgan fingerprint density at radius 3 is 2.83 bits per heavy atom. The second-order valence-corrected chi connectivity index (χ2v) is 4.98. The Bertz CT molecular complexity index is 511. The van der Waals surface area contributed by atoms with E-state index in [9.17, 15) is 4.79 Å². The predicted octanol–water partition coefficient (Wildman–Crippen LogP) is 1.65. The van der Waals surface area contributed by atoms with Crippen LogP contribution < -0.4 is 5.32 Å². The third-order valence-corrected chi connectivity index (χ3v) is 3.57. The van der Waals surface area contributed by atoms with Crippen molar-refractivity contribution in [1.29, 1.82) is 0 Å². The van der Waals surface area contributed by atoms with Crippen molar-refractivity contribution in [3.8, 4) is 0 Å². The predicted molar refractivity (Wildman–Crippen MR) is 70.8 cm³/mol. The van der Waals surface area contributed by atoms with Gasteiger partial charge >= 0.3 is 6.03 Å². The summed E-state index contributed by atoms with van der Waals surface area (Å²) in [6.07, 6.45) is 1.88. The second kappa shape index (κ2) is 5.34. The number of carbonyl (C=O) groups excluding carboxylic acids is 1. The molecule has 98 valence electrons. The van der Waals surface area contributed by atoms with Crippen LogP contribution in [0.2, 0.25) is 0 Å². The Morgan fingerprint density at radius 1 is 1.50 bits per heavy atom. The van der Waals surface area contributed by atoms with E-state index in [4.69, 9.17) is 0 Å². The Balaban J connectivity index is 1.97. The molecule has 2 amide bonds. The molecule has 2 heterocycles. The second-order valence-electron chi connectivity index (χ2n) is 3.94. The molecule has 0 aliphatic carbocycles. The van der Waals surface area contributed by atoms with E-state index in [0.717, 1.165) is 15.7 Å². The number of fused-ring (bicyclic) bond motifs is 1. The van der Waals surface area contributed by atoms with E-state index in [1.54, 1.807) is 9.42 Å². The summed E-state index contributed by atoms with van der Waals surface area (Å²) < 4.78 is 1.75. The fourth-order valence-electron chi connectivity index (χ4n) is 1.70. The molecule has 0 bridgehead atoms. The first kappa shape index (κ1) is 12.8. The topological polar surface area (TPSA) is 62.5 Å². The lowest BCUT2D eigenvalue weighted by Crippen LogP contribution is -2.39. The molecule has 6 nitrogen and oxygen atoms in total. The maximum absolute atomic E-state index is 11.8. The summed E-state index contributed by atoms with van der Waals surface area (Å²) in [6.45, 7) is 7.73. The zero-order valence-electron chi connectivity index (χ0n) is 10.8. The van der Waals surface area contributed by atoms with Crippen molar-refractivity contribution in [1.82, 2.24) is 24.8 Å². The number of aromatic nitrogens is 3. The van der Waals surface area contributed by atoms with Gasteiger partial charge in [0.25, 0.3) is 0 Å². The molecule has 1 N–H and O–H groups in total. The van der Waals surface area contributed by atoms with E-state index in [0.29, 0.717) is 19.6 Å². The Hall–Kier alpha value is -1.63. The quantitative estimate of drug-likeness (QED) is 0.916. The molecule has 0 saturated heterocycles. The number of aryl methyl sites for hydroxylation is 1. The molecule has 0 aliphatic heterocycles. The lowest BCUT2D eigenvalue weighted by Gasteiger charge is -2.18. The minimum Gasteiger partial charge on any atom is -0.331 e. The van der Waals surface area contributed by atoms with Gasteiger partial charge < -0.3 is 10.2 Å². The van der Waals surface area contributed by atoms with Crippen LogP contribution in [-0.4, -0.2) is 38.6 Å². The first-order chi connectivity index (χ1) is 8.63. The van der Waals surface area contributed by atoms with Crippen molar-refractivity contribution < 1.29 is 4.79 Å². The van der Waals surface area contributed by atoms with E-state index in [1.165, 1.54) is 11.3 Å². The van der Waals surface area contributed by atoms with Gasteiger partial charge in [0, 0.05) is 13.1 Å². The van der Waals surface area contributed by atoms with Crippen LogP contribution in [0.1, 0.15) is 24.5 Å². The highest BCUT2D eigenvalue weighted by Gasteiger charge is 2.11. The number of urea groups is 1. The molecule has 7 heteroatoms. The molecule has 0 radical (unpaired) electrons. The number of rotatable bonds is 4. The maximum atomic E-state index is 11.8. The molecular weight excluding hydrogens is 250 g/mol. The van der Waals surface area contributed by atoms with Gasteiger partial charge in [-0.25, -0.2) is 14.3 Å². The third-order valence-electron chi connectivity index (χ3n) is 2.65. The minimum atomic E-state index is -0.0518. The van der Waals surface area contributed by atoms with E-state index in [1.807, 2.05) is 27.0 Å². The number of imidazole rings is 1. The molecule has 0 spiro atoms. The number of nitrogens with zero attached hydrogens (tertiary/aromatic N) is 4. The van der Waals surface area contributed by atoms with Gasteiger partial charge in [-0.05, 0) is 20.8 Å². The van der Waals surface area contributed by atoms with Crippen LogP contribution in [0.5, 0.6) is 0 Å². The van der Waals surface area contributed by atoms with E-state index >= 15 is 0 Å². The number of nitrogens with one attached hydrogen (secondary N) is 1. The van der Waals surface area contributed by atoms with Gasteiger partial charge in [0.1, 0.15) is 5.01 Å². The van der Waals surface area contributed by atoms with Gasteiger partial charge in [0.05, 0.1) is 18.4 Å². The normalized spacial score (nSPS) is 10.8. The summed E-state index contributed by atoms with van der Waals surface area (Å²) in [6, 6.07) is -0.0518. The van der Waals surface area contributed by atoms with Gasteiger partial charge in [-0.2, -0.15) is 5.10 Å². The summed E-state index contributed by atoms with van der Waals surface area (Å²) >= 11 is 1.49. The molecule has 2 aromatic rings. The van der Waals surface area contributed by atoms with Crippen LogP contribution in [-0.2, 0) is 6.54 Å². The zero-order chi connectivity index (χ0) is 13.1. The molecule has 0 unspecified atom stereocenters. The first-order valence-corrected chi connectivity index (χ1v) is 6.80. The fraction of sp³-hybridized carbons (Fsp3) is 0.545. The van der Waals surface area contributed by atoms with E-state index < -0.39 is 0 Å². The van der Waals surface area contributed by atoms with Gasteiger partial charge in [-0.15, -0.1) is 0 Å². The molecule has 0 saturated carbocycles. The molecule has 2 rings (SSSR count). The molecule has 0 aromatic carbocycles. The summed E-state index contributed by atoms with van der Waals surface area (Å²) in [5.74, 6) is 0. The minimum absolute atomic E-state index is 0.0518. The Kier molecular flexibility index (Phi) is 3.81. The summed E-state index contributed by atoms with van der Waals surface area (Å²) in [4.78, 5) is 18.7. The SMILES string of the molecule is CCN(CC)C(=O)NCc1nn2cc(C)nc2s1. The number of amides is 2. The van der Waals surface area contributed by atoms with Crippen molar-refractivity contribution in [3.05, 3.63) is 16.9 Å². The Labute approximate surface area is 110 Å². The zero-order valence-corrected chi connectivity index (χ0v) is 11.6. The molecule has 18 heavy (non-hydrogen) atoms. The van der Waals surface area contributed by atoms with Crippen LogP contribution in [0.25, 0.3) is 4.96 Å². The lowest BCUT2D eigenvalue weighted by molar-refractivity contribution is 0.203. The van der Waals surface area contributed by atoms with Crippen LogP contribution in [0.3, 0.4) is 0 Å². The average molecular weight is 267 g/mol. The van der Waals surface area contributed by atoms with Gasteiger partial charge in [0.15, 0.2) is 0 Å². The highest BCUT2D eigenvalue weighted by molar-refractivity contribution is 7.16. The van der Waals surface area contributed by atoms with Crippen molar-refractivity contribution >= 4 is 22.3 Å². The Morgan fingerprint density at radius 2 is 2.22 bits per heavy atom. The molecule has 0 aliphatic rings. The lowest BCUT2D eigenvalue weighted by atomic mass is 10.5. The number of hydrogen-bond donors (Lipinski definition) is 1. The van der Waals surface area contributed by atoms with E-state index in [2.05, 4.69) is 15.4 Å². The summed E-state index contributed by atoms with van der Waals surface area (Å²) in [5, 5.41) is 8.08. The maximum Gasteiger partial charge on any atom is 0.317 e. The highest BCUT2D eigenvalue weighted by Crippen LogP contribution is 2.14. The average Bonchev–Trinajstić information content (AvgIpc) is 2.84. The van der Waals surface area contributed by atoms with Gasteiger partial charge in [0.2, 0.25) is 4.96 Å². The largest absolute Gasteiger partial charge is 0.331 e.